The summed E-state index contributed by atoms with van der Waals surface area (Å²) >= 11 is 0. The van der Waals surface area contributed by atoms with Gasteiger partial charge in [0.05, 0.1) is 0 Å². The van der Waals surface area contributed by atoms with Crippen molar-refractivity contribution in [3.05, 3.63) is 12.0 Å². The molecule has 1 aromatic rings. The van der Waals surface area contributed by atoms with E-state index in [1.165, 1.54) is 19.3 Å². The molecule has 9 nitrogen and oxygen atoms in total. The van der Waals surface area contributed by atoms with Crippen molar-refractivity contribution in [1.29, 1.82) is 0 Å². The molecule has 1 aliphatic rings. The molecule has 0 saturated heterocycles. The zero-order valence-electron chi connectivity index (χ0n) is 10.4. The van der Waals surface area contributed by atoms with Crippen molar-refractivity contribution in [2.45, 2.75) is 13.0 Å². The standard InChI is InChI=1S/C9H17N4O5P/c1-19(15,16)18-3-2-17-6-13-5-12-7-8(13)10-4-11-9(7)14/h4-5,9,14-16,19H,2-3,6H2,1H3,(H,10,11)/t9-/m1/s1. The van der Waals surface area contributed by atoms with E-state index in [4.69, 9.17) is 19.0 Å². The van der Waals surface area contributed by atoms with E-state index in [2.05, 4.69) is 15.3 Å². The number of aliphatic hydroxyl groups excluding tert-OH is 1. The molecule has 2 heterocycles. The number of rotatable bonds is 6. The molecule has 1 aromatic heterocycles. The number of nitrogens with zero attached hydrogens (tertiary/aromatic N) is 3. The van der Waals surface area contributed by atoms with Gasteiger partial charge in [-0.25, -0.2) is 0 Å². The van der Waals surface area contributed by atoms with Gasteiger partial charge in [-0.1, -0.05) is 0 Å². The summed E-state index contributed by atoms with van der Waals surface area (Å²) in [6, 6.07) is 0. The summed E-state index contributed by atoms with van der Waals surface area (Å²) < 4.78 is 11.7. The van der Waals surface area contributed by atoms with E-state index in [0.717, 1.165) is 0 Å². The van der Waals surface area contributed by atoms with E-state index >= 15 is 0 Å². The Morgan fingerprint density at radius 2 is 2.26 bits per heavy atom. The topological polar surface area (TPSA) is 121 Å². The van der Waals surface area contributed by atoms with E-state index in [-0.39, 0.29) is 19.9 Å². The average Bonchev–Trinajstić information content (AvgIpc) is 2.72. The first-order valence-electron chi connectivity index (χ1n) is 5.65. The third-order valence-corrected chi connectivity index (χ3v) is 3.10. The molecule has 0 spiro atoms. The van der Waals surface area contributed by atoms with Crippen LogP contribution in [0.4, 0.5) is 5.82 Å². The van der Waals surface area contributed by atoms with E-state index in [1.807, 2.05) is 0 Å². The Bertz CT molecular complexity index is 458. The second-order valence-electron chi connectivity index (χ2n) is 4.07. The Morgan fingerprint density at radius 3 is 3.00 bits per heavy atom. The van der Waals surface area contributed by atoms with Gasteiger partial charge >= 0.3 is 109 Å². The number of imidazole rings is 1. The molecule has 0 aromatic carbocycles. The first-order chi connectivity index (χ1) is 8.97. The summed E-state index contributed by atoms with van der Waals surface area (Å²) in [4.78, 5) is 26.2. The zero-order valence-corrected chi connectivity index (χ0v) is 11.4. The second-order valence-corrected chi connectivity index (χ2v) is 6.23. The van der Waals surface area contributed by atoms with Crippen LogP contribution in [0.2, 0.25) is 0 Å². The Labute approximate surface area is 110 Å². The molecule has 0 unspecified atom stereocenters. The molecule has 0 bridgehead atoms. The number of hydrogen-bond acceptors (Lipinski definition) is 8. The predicted molar refractivity (Wildman–Crippen MR) is 69.1 cm³/mol. The van der Waals surface area contributed by atoms with Crippen LogP contribution in [0.5, 0.6) is 0 Å². The molecule has 4 N–H and O–H groups in total. The molecule has 2 rings (SSSR count). The number of fused-ring (bicyclic) bond motifs is 1. The molecule has 0 fully saturated rings. The van der Waals surface area contributed by atoms with Crippen LogP contribution in [0.15, 0.2) is 11.3 Å². The van der Waals surface area contributed by atoms with E-state index in [0.29, 0.717) is 11.5 Å². The number of aliphatic imine (C=N–C) groups is 1. The van der Waals surface area contributed by atoms with Gasteiger partial charge in [0, 0.05) is 0 Å². The van der Waals surface area contributed by atoms with Crippen molar-refractivity contribution in [2.24, 2.45) is 4.99 Å². The minimum atomic E-state index is -3.47. The maximum atomic E-state index is 9.58. The quantitative estimate of drug-likeness (QED) is 0.401. The SMILES string of the molecule is C[PH](O)(O)OCCOCn1cnc2c1N=CN[C@@H]2O. The van der Waals surface area contributed by atoms with Crippen LogP contribution in [0.3, 0.4) is 0 Å². The Morgan fingerprint density at radius 1 is 1.47 bits per heavy atom. The molecule has 0 radical (unpaired) electrons. The monoisotopic (exact) mass is 292 g/mol. The van der Waals surface area contributed by atoms with Gasteiger partial charge in [-0.2, -0.15) is 0 Å². The van der Waals surface area contributed by atoms with Crippen molar-refractivity contribution in [1.82, 2.24) is 14.9 Å². The van der Waals surface area contributed by atoms with Gasteiger partial charge in [0.25, 0.3) is 0 Å². The number of aliphatic hydroxyl groups is 1. The molecular weight excluding hydrogens is 275 g/mol. The molecule has 19 heavy (non-hydrogen) atoms. The van der Waals surface area contributed by atoms with Crippen LogP contribution >= 0.6 is 7.94 Å². The molecule has 0 amide bonds. The van der Waals surface area contributed by atoms with Crippen molar-refractivity contribution in [2.75, 3.05) is 19.9 Å². The first-order valence-corrected chi connectivity index (χ1v) is 7.96. The van der Waals surface area contributed by atoms with Crippen LogP contribution in [0.1, 0.15) is 11.9 Å². The molecule has 0 aliphatic carbocycles. The van der Waals surface area contributed by atoms with Gasteiger partial charge in [-0.3, -0.25) is 0 Å². The Hall–Kier alpha value is -1.09. The number of aromatic nitrogens is 2. The van der Waals surface area contributed by atoms with E-state index in [9.17, 15) is 5.11 Å². The first kappa shape index (κ1) is 14.3. The summed E-state index contributed by atoms with van der Waals surface area (Å²) in [7, 11) is -3.47. The number of nitrogens with one attached hydrogen (secondary N) is 1. The number of hydrogen-bond donors (Lipinski definition) is 4. The van der Waals surface area contributed by atoms with Crippen LogP contribution in [-0.2, 0) is 16.0 Å². The van der Waals surface area contributed by atoms with Gasteiger partial charge < -0.3 is 0 Å². The second kappa shape index (κ2) is 5.91. The molecule has 0 saturated carbocycles. The van der Waals surface area contributed by atoms with Crippen LogP contribution in [0, 0.1) is 0 Å². The average molecular weight is 292 g/mol. The number of ether oxygens (including phenoxy) is 1. The van der Waals surface area contributed by atoms with Crippen molar-refractivity contribution < 1.29 is 24.2 Å². The third kappa shape index (κ3) is 3.93. The fourth-order valence-corrected chi connectivity index (χ4v) is 1.99. The molecule has 108 valence electrons. The molecule has 1 aliphatic heterocycles. The minimum absolute atomic E-state index is 0.0973. The predicted octanol–water partition coefficient (Wildman–Crippen LogP) is -0.763. The Balaban J connectivity index is 1.80. The van der Waals surface area contributed by atoms with Gasteiger partial charge in [-0.05, 0) is 0 Å². The normalized spacial score (nSPS) is 19.1. The summed E-state index contributed by atoms with van der Waals surface area (Å²) in [5, 5.41) is 12.2. The zero-order chi connectivity index (χ0) is 13.9. The van der Waals surface area contributed by atoms with Gasteiger partial charge in [0.2, 0.25) is 0 Å². The van der Waals surface area contributed by atoms with Gasteiger partial charge in [-0.15, -0.1) is 0 Å². The maximum absolute atomic E-state index is 9.58. The fourth-order valence-electron chi connectivity index (χ4n) is 1.52. The van der Waals surface area contributed by atoms with Crippen molar-refractivity contribution in [3.8, 4) is 0 Å². The van der Waals surface area contributed by atoms with Crippen molar-refractivity contribution >= 4 is 20.1 Å². The molecular formula is C9H17N4O5P. The summed E-state index contributed by atoms with van der Waals surface area (Å²) in [5.41, 5.74) is 0.438. The van der Waals surface area contributed by atoms with Crippen molar-refractivity contribution in [3.63, 3.8) is 0 Å². The third-order valence-electron chi connectivity index (χ3n) is 2.35. The molecule has 1 atom stereocenters. The van der Waals surface area contributed by atoms with E-state index < -0.39 is 14.2 Å². The van der Waals surface area contributed by atoms with Gasteiger partial charge in [0.1, 0.15) is 0 Å². The summed E-state index contributed by atoms with van der Waals surface area (Å²) in [6.45, 7) is 1.74. The molecule has 10 heteroatoms. The summed E-state index contributed by atoms with van der Waals surface area (Å²) in [6.07, 6.45) is 2.03. The van der Waals surface area contributed by atoms with E-state index in [1.54, 1.807) is 4.57 Å². The van der Waals surface area contributed by atoms with Crippen LogP contribution in [-0.4, -0.2) is 50.7 Å². The van der Waals surface area contributed by atoms with Gasteiger partial charge in [0.15, 0.2) is 0 Å². The van der Waals surface area contributed by atoms with Crippen LogP contribution < -0.4 is 5.32 Å². The fraction of sp³-hybridized carbons (Fsp3) is 0.556. The van der Waals surface area contributed by atoms with Crippen LogP contribution in [0.25, 0.3) is 0 Å². The Kier molecular flexibility index (Phi) is 4.46. The summed E-state index contributed by atoms with van der Waals surface area (Å²) in [5.74, 6) is 0.524.